The number of aryl methyl sites for hydroxylation is 1. The molecule has 1 heterocycles. The Kier molecular flexibility index (Phi) is 2.15. The molecule has 0 bridgehead atoms. The molecule has 1 aliphatic carbocycles. The molecule has 2 aromatic rings. The van der Waals surface area contributed by atoms with Crippen molar-refractivity contribution in [1.82, 2.24) is 4.98 Å². The maximum atomic E-state index is 9.18. The Balaban J connectivity index is 2.31. The molecule has 80 valence electrons. The normalized spacial score (nSPS) is 19.4. The quantitative estimate of drug-likeness (QED) is 0.735. The molecule has 1 atom stereocenters. The lowest BCUT2D eigenvalue weighted by Gasteiger charge is -2.16. The number of nitrogens with one attached hydrogen (secondary N) is 1. The van der Waals surface area contributed by atoms with Gasteiger partial charge in [-0.1, -0.05) is 17.7 Å². The first kappa shape index (κ1) is 9.74. The molecule has 1 aromatic heterocycles. The molecule has 2 nitrogen and oxygen atoms in total. The second kappa shape index (κ2) is 3.54. The van der Waals surface area contributed by atoms with Crippen molar-refractivity contribution < 1.29 is 0 Å². The largest absolute Gasteiger partial charge is 0.358 e. The fourth-order valence-electron chi connectivity index (χ4n) is 2.60. The van der Waals surface area contributed by atoms with Crippen LogP contribution in [-0.2, 0) is 6.42 Å². The molecule has 16 heavy (non-hydrogen) atoms. The van der Waals surface area contributed by atoms with Gasteiger partial charge in [-0.15, -0.1) is 0 Å². The number of aromatic amines is 1. The summed E-state index contributed by atoms with van der Waals surface area (Å²) in [5.41, 5.74) is 3.47. The molecule has 3 rings (SSSR count). The minimum atomic E-state index is 0.0404. The van der Waals surface area contributed by atoms with Gasteiger partial charge in [-0.05, 0) is 37.0 Å². The molecule has 1 N–H and O–H groups in total. The van der Waals surface area contributed by atoms with Crippen LogP contribution in [0, 0.1) is 11.3 Å². The second-order valence-electron chi connectivity index (χ2n) is 4.28. The third-order valence-corrected chi connectivity index (χ3v) is 3.54. The number of hydrogen-bond donors (Lipinski definition) is 1. The van der Waals surface area contributed by atoms with Gasteiger partial charge in [0.25, 0.3) is 0 Å². The van der Waals surface area contributed by atoms with Crippen LogP contribution in [0.15, 0.2) is 18.2 Å². The Hall–Kier alpha value is -1.46. The zero-order valence-corrected chi connectivity index (χ0v) is 9.51. The summed E-state index contributed by atoms with van der Waals surface area (Å²) >= 11 is 5.97. The summed E-state index contributed by atoms with van der Waals surface area (Å²) < 4.78 is 0. The highest BCUT2D eigenvalue weighted by Gasteiger charge is 2.24. The monoisotopic (exact) mass is 230 g/mol. The summed E-state index contributed by atoms with van der Waals surface area (Å²) in [7, 11) is 0. The lowest BCUT2D eigenvalue weighted by molar-refractivity contribution is 0.633. The van der Waals surface area contributed by atoms with Crippen molar-refractivity contribution in [2.45, 2.75) is 25.2 Å². The van der Waals surface area contributed by atoms with Gasteiger partial charge in [-0.2, -0.15) is 5.26 Å². The van der Waals surface area contributed by atoms with E-state index in [-0.39, 0.29) is 5.92 Å². The van der Waals surface area contributed by atoms with Crippen LogP contribution in [0.25, 0.3) is 10.9 Å². The maximum absolute atomic E-state index is 9.18. The van der Waals surface area contributed by atoms with Crippen LogP contribution in [0.2, 0.25) is 5.02 Å². The molecule has 1 unspecified atom stereocenters. The van der Waals surface area contributed by atoms with Crippen LogP contribution < -0.4 is 0 Å². The smallest absolute Gasteiger partial charge is 0.0736 e. The van der Waals surface area contributed by atoms with Crippen molar-refractivity contribution in [3.05, 3.63) is 34.5 Å². The van der Waals surface area contributed by atoms with E-state index in [4.69, 9.17) is 11.6 Å². The van der Waals surface area contributed by atoms with E-state index in [9.17, 15) is 5.26 Å². The lowest BCUT2D eigenvalue weighted by atomic mass is 9.86. The minimum absolute atomic E-state index is 0.0404. The van der Waals surface area contributed by atoms with Crippen molar-refractivity contribution in [3.8, 4) is 6.07 Å². The van der Waals surface area contributed by atoms with Gasteiger partial charge in [0.1, 0.15) is 0 Å². The summed E-state index contributed by atoms with van der Waals surface area (Å²) in [5, 5.41) is 11.1. The van der Waals surface area contributed by atoms with Crippen molar-refractivity contribution >= 4 is 22.5 Å². The number of nitriles is 1. The van der Waals surface area contributed by atoms with Gasteiger partial charge in [0, 0.05) is 21.6 Å². The first-order valence-electron chi connectivity index (χ1n) is 5.49. The fraction of sp³-hybridized carbons (Fsp3) is 0.308. The van der Waals surface area contributed by atoms with E-state index >= 15 is 0 Å². The molecule has 0 amide bonds. The molecule has 0 fully saturated rings. The summed E-state index contributed by atoms with van der Waals surface area (Å²) in [5.74, 6) is 0.0404. The summed E-state index contributed by atoms with van der Waals surface area (Å²) in [6.45, 7) is 0. The maximum Gasteiger partial charge on any atom is 0.0736 e. The molecule has 1 aliphatic rings. The average molecular weight is 231 g/mol. The topological polar surface area (TPSA) is 39.6 Å². The van der Waals surface area contributed by atoms with Crippen LogP contribution in [0.4, 0.5) is 0 Å². The van der Waals surface area contributed by atoms with Gasteiger partial charge < -0.3 is 4.98 Å². The molecular weight excluding hydrogens is 220 g/mol. The molecular formula is C13H11ClN2. The van der Waals surface area contributed by atoms with Crippen LogP contribution in [0.1, 0.15) is 30.0 Å². The number of aromatic nitrogens is 1. The number of fused-ring (bicyclic) bond motifs is 3. The van der Waals surface area contributed by atoms with Crippen molar-refractivity contribution in [2.24, 2.45) is 0 Å². The zero-order valence-electron chi connectivity index (χ0n) is 8.76. The first-order valence-corrected chi connectivity index (χ1v) is 5.87. The SMILES string of the molecule is N#CC1CCCc2[nH]c3cc(Cl)ccc3c21. The molecule has 0 spiro atoms. The average Bonchev–Trinajstić information content (AvgIpc) is 2.65. The Morgan fingerprint density at radius 3 is 3.12 bits per heavy atom. The molecule has 0 saturated carbocycles. The fourth-order valence-corrected chi connectivity index (χ4v) is 2.77. The highest BCUT2D eigenvalue weighted by Crippen LogP contribution is 2.37. The van der Waals surface area contributed by atoms with E-state index in [1.807, 2.05) is 18.2 Å². The molecule has 3 heteroatoms. The number of benzene rings is 1. The predicted octanol–water partition coefficient (Wildman–Crippen LogP) is 3.76. The third-order valence-electron chi connectivity index (χ3n) is 3.31. The number of nitrogens with zero attached hydrogens (tertiary/aromatic N) is 1. The van der Waals surface area contributed by atoms with E-state index in [0.717, 1.165) is 35.2 Å². The number of halogens is 1. The predicted molar refractivity (Wildman–Crippen MR) is 64.6 cm³/mol. The van der Waals surface area contributed by atoms with E-state index in [1.165, 1.54) is 11.3 Å². The van der Waals surface area contributed by atoms with Crippen molar-refractivity contribution in [1.29, 1.82) is 5.26 Å². The van der Waals surface area contributed by atoms with Gasteiger partial charge in [0.05, 0.1) is 12.0 Å². The first-order chi connectivity index (χ1) is 7.79. The molecule has 0 saturated heterocycles. The summed E-state index contributed by atoms with van der Waals surface area (Å²) in [6, 6.07) is 8.24. The van der Waals surface area contributed by atoms with Crippen LogP contribution in [0.5, 0.6) is 0 Å². The highest BCUT2D eigenvalue weighted by molar-refractivity contribution is 6.31. The number of hydrogen-bond acceptors (Lipinski definition) is 1. The Labute approximate surface area is 98.8 Å². The minimum Gasteiger partial charge on any atom is -0.358 e. The number of rotatable bonds is 0. The Bertz CT molecular complexity index is 592. The van der Waals surface area contributed by atoms with E-state index in [1.54, 1.807) is 0 Å². The van der Waals surface area contributed by atoms with Gasteiger partial charge in [0.15, 0.2) is 0 Å². The van der Waals surface area contributed by atoms with Crippen LogP contribution >= 0.6 is 11.6 Å². The highest BCUT2D eigenvalue weighted by atomic mass is 35.5. The molecule has 1 aromatic carbocycles. The third kappa shape index (κ3) is 1.32. The van der Waals surface area contributed by atoms with Gasteiger partial charge in [-0.3, -0.25) is 0 Å². The van der Waals surface area contributed by atoms with Crippen LogP contribution in [-0.4, -0.2) is 4.98 Å². The molecule has 0 radical (unpaired) electrons. The summed E-state index contributed by atoms with van der Waals surface area (Å²) in [6.07, 6.45) is 3.10. The van der Waals surface area contributed by atoms with Gasteiger partial charge >= 0.3 is 0 Å². The van der Waals surface area contributed by atoms with Gasteiger partial charge in [-0.25, -0.2) is 0 Å². The van der Waals surface area contributed by atoms with Crippen LogP contribution in [0.3, 0.4) is 0 Å². The van der Waals surface area contributed by atoms with E-state index in [2.05, 4.69) is 11.1 Å². The lowest BCUT2D eigenvalue weighted by Crippen LogP contribution is -2.06. The van der Waals surface area contributed by atoms with E-state index in [0.29, 0.717) is 0 Å². The number of H-pyrrole nitrogens is 1. The van der Waals surface area contributed by atoms with Crippen molar-refractivity contribution in [3.63, 3.8) is 0 Å². The Morgan fingerprint density at radius 1 is 1.44 bits per heavy atom. The van der Waals surface area contributed by atoms with Crippen molar-refractivity contribution in [2.75, 3.05) is 0 Å². The standard InChI is InChI=1S/C13H11ClN2/c14-9-4-5-10-12(6-9)16-11-3-1-2-8(7-15)13(10)11/h4-6,8,16H,1-3H2. The second-order valence-corrected chi connectivity index (χ2v) is 4.72. The van der Waals surface area contributed by atoms with E-state index < -0.39 is 0 Å². The van der Waals surface area contributed by atoms with Gasteiger partial charge in [0.2, 0.25) is 0 Å². The zero-order chi connectivity index (χ0) is 11.1. The molecule has 0 aliphatic heterocycles. The Morgan fingerprint density at radius 2 is 2.31 bits per heavy atom. The summed E-state index contributed by atoms with van der Waals surface area (Å²) in [4.78, 5) is 3.39.